The molecule has 3 fully saturated rings. The molecule has 0 radical (unpaired) electrons. The standard InChI is InChI=1S/C32H38N6O2/c1-21(2)36-15-12-32(13-16-36)31(40)38(20-22-11-14-37(19-22)30(39)25-7-8-25)29(34-32)24-5-3-23(4-6-24)26-9-10-28-27(17-26)18-33-35-28/h3-6,9-10,17-18,21-22,25H,7-8,11-16,19-20H2,1-2H3,(H,33,35)/t22-/m1/s1. The minimum Gasteiger partial charge on any atom is -0.342 e. The van der Waals surface area contributed by atoms with E-state index in [2.05, 4.69) is 71.4 Å². The lowest BCUT2D eigenvalue weighted by Crippen LogP contribution is -2.52. The highest BCUT2D eigenvalue weighted by molar-refractivity contribution is 6.15. The van der Waals surface area contributed by atoms with Crippen LogP contribution < -0.4 is 0 Å². The van der Waals surface area contributed by atoms with Crippen LogP contribution in [0.5, 0.6) is 0 Å². The minimum atomic E-state index is -0.673. The van der Waals surface area contributed by atoms with E-state index in [9.17, 15) is 9.59 Å². The van der Waals surface area contributed by atoms with E-state index in [0.717, 1.165) is 91.7 Å². The van der Waals surface area contributed by atoms with Gasteiger partial charge in [0, 0.05) is 55.6 Å². The smallest absolute Gasteiger partial charge is 0.256 e. The number of fused-ring (bicyclic) bond motifs is 1. The zero-order chi connectivity index (χ0) is 27.4. The summed E-state index contributed by atoms with van der Waals surface area (Å²) >= 11 is 0. The molecule has 0 bridgehead atoms. The molecule has 4 heterocycles. The van der Waals surface area contributed by atoms with Gasteiger partial charge < -0.3 is 9.80 Å². The molecule has 1 N–H and O–H groups in total. The van der Waals surface area contributed by atoms with Gasteiger partial charge in [-0.2, -0.15) is 5.10 Å². The molecule has 1 saturated carbocycles. The lowest BCUT2D eigenvalue weighted by atomic mass is 9.87. The van der Waals surface area contributed by atoms with Crippen molar-refractivity contribution in [1.29, 1.82) is 0 Å². The maximum atomic E-state index is 14.2. The van der Waals surface area contributed by atoms with Gasteiger partial charge in [-0.05, 0) is 75.1 Å². The Hall–Kier alpha value is -3.52. The molecule has 1 atom stereocenters. The van der Waals surface area contributed by atoms with Gasteiger partial charge in [0.15, 0.2) is 0 Å². The molecule has 3 aromatic rings. The zero-order valence-corrected chi connectivity index (χ0v) is 23.5. The SMILES string of the molecule is CC(C)N1CCC2(CC1)N=C(c1ccc(-c3ccc4[nH]ncc4c3)cc1)N(C[C@@H]1CCN(C(=O)C3CC3)C1)C2=O. The van der Waals surface area contributed by atoms with Crippen molar-refractivity contribution in [2.75, 3.05) is 32.7 Å². The number of aromatic amines is 1. The zero-order valence-electron chi connectivity index (χ0n) is 23.5. The van der Waals surface area contributed by atoms with Gasteiger partial charge in [-0.3, -0.25) is 24.6 Å². The lowest BCUT2D eigenvalue weighted by molar-refractivity contribution is -0.133. The summed E-state index contributed by atoms with van der Waals surface area (Å²) in [5.41, 5.74) is 3.58. The molecule has 2 saturated heterocycles. The molecule has 0 unspecified atom stereocenters. The van der Waals surface area contributed by atoms with E-state index < -0.39 is 5.54 Å². The molecule has 4 aliphatic rings. The number of carbonyl (C=O) groups is 2. The molecule has 2 amide bonds. The molecular formula is C32H38N6O2. The largest absolute Gasteiger partial charge is 0.342 e. The maximum absolute atomic E-state index is 14.2. The fourth-order valence-corrected chi connectivity index (χ4v) is 6.75. The third-order valence-electron chi connectivity index (χ3n) is 9.46. The molecule has 8 heteroatoms. The minimum absolute atomic E-state index is 0.146. The number of hydrogen-bond acceptors (Lipinski definition) is 5. The van der Waals surface area contributed by atoms with Crippen LogP contribution in [-0.4, -0.2) is 86.9 Å². The third-order valence-corrected chi connectivity index (χ3v) is 9.46. The van der Waals surface area contributed by atoms with E-state index in [1.54, 1.807) is 0 Å². The first kappa shape index (κ1) is 25.4. The lowest BCUT2D eigenvalue weighted by Gasteiger charge is -2.38. The summed E-state index contributed by atoms with van der Waals surface area (Å²) in [6, 6.07) is 15.2. The average molecular weight is 539 g/mol. The summed E-state index contributed by atoms with van der Waals surface area (Å²) in [5.74, 6) is 1.78. The number of nitrogens with zero attached hydrogens (tertiary/aromatic N) is 5. The van der Waals surface area contributed by atoms with Crippen molar-refractivity contribution in [2.45, 2.75) is 57.5 Å². The molecule has 3 aliphatic heterocycles. The Labute approximate surface area is 235 Å². The Kier molecular flexibility index (Phi) is 6.26. The Morgan fingerprint density at radius 1 is 1.00 bits per heavy atom. The van der Waals surface area contributed by atoms with E-state index in [0.29, 0.717) is 18.5 Å². The van der Waals surface area contributed by atoms with E-state index in [1.807, 2.05) is 16.0 Å². The van der Waals surface area contributed by atoms with Crippen molar-refractivity contribution in [3.05, 3.63) is 54.2 Å². The summed E-state index contributed by atoms with van der Waals surface area (Å²) in [5, 5.41) is 8.23. The molecule has 208 valence electrons. The number of likely N-dealkylation sites (tertiary alicyclic amines) is 2. The number of aliphatic imine (C=N–C) groups is 1. The van der Waals surface area contributed by atoms with Gasteiger partial charge in [-0.25, -0.2) is 0 Å². The van der Waals surface area contributed by atoms with Gasteiger partial charge in [-0.15, -0.1) is 0 Å². The Morgan fingerprint density at radius 2 is 1.73 bits per heavy atom. The van der Waals surface area contributed by atoms with Crippen molar-refractivity contribution in [2.24, 2.45) is 16.8 Å². The highest BCUT2D eigenvalue weighted by Gasteiger charge is 2.51. The normalized spacial score (nSPS) is 23.1. The van der Waals surface area contributed by atoms with Gasteiger partial charge in [0.25, 0.3) is 5.91 Å². The topological polar surface area (TPSA) is 84.9 Å². The summed E-state index contributed by atoms with van der Waals surface area (Å²) in [4.78, 5) is 38.5. The van der Waals surface area contributed by atoms with E-state index in [4.69, 9.17) is 4.99 Å². The number of nitrogens with one attached hydrogen (secondary N) is 1. The van der Waals surface area contributed by atoms with Crippen LogP contribution >= 0.6 is 0 Å². The first-order chi connectivity index (χ1) is 19.4. The average Bonchev–Trinajstić information content (AvgIpc) is 3.43. The predicted molar refractivity (Wildman–Crippen MR) is 156 cm³/mol. The molecule has 1 aliphatic carbocycles. The number of carbonyl (C=O) groups excluding carboxylic acids is 2. The van der Waals surface area contributed by atoms with Crippen LogP contribution in [0.25, 0.3) is 22.0 Å². The number of amidine groups is 1. The summed E-state index contributed by atoms with van der Waals surface area (Å²) in [6.07, 6.45) is 6.36. The number of piperidine rings is 1. The van der Waals surface area contributed by atoms with Gasteiger partial charge in [0.2, 0.25) is 5.91 Å². The molecule has 40 heavy (non-hydrogen) atoms. The predicted octanol–water partition coefficient (Wildman–Crippen LogP) is 4.32. The number of aromatic nitrogens is 2. The first-order valence-electron chi connectivity index (χ1n) is 14.9. The Bertz CT molecular complexity index is 1460. The fraction of sp³-hybridized carbons (Fsp3) is 0.500. The summed E-state index contributed by atoms with van der Waals surface area (Å²) in [6.45, 7) is 8.38. The van der Waals surface area contributed by atoms with Gasteiger partial charge in [-0.1, -0.05) is 30.3 Å². The van der Waals surface area contributed by atoms with E-state index >= 15 is 0 Å². The number of rotatable bonds is 6. The second kappa shape index (κ2) is 9.84. The van der Waals surface area contributed by atoms with Crippen LogP contribution in [0.4, 0.5) is 0 Å². The van der Waals surface area contributed by atoms with Crippen LogP contribution in [0, 0.1) is 11.8 Å². The van der Waals surface area contributed by atoms with Gasteiger partial charge >= 0.3 is 0 Å². The van der Waals surface area contributed by atoms with Crippen molar-refractivity contribution >= 4 is 28.6 Å². The number of H-pyrrole nitrogens is 1. The molecule has 1 aromatic heterocycles. The van der Waals surface area contributed by atoms with Crippen molar-refractivity contribution in [3.8, 4) is 11.1 Å². The van der Waals surface area contributed by atoms with Crippen LogP contribution in [0.1, 0.15) is 51.5 Å². The first-order valence-corrected chi connectivity index (χ1v) is 14.9. The van der Waals surface area contributed by atoms with Crippen molar-refractivity contribution in [1.82, 2.24) is 24.9 Å². The van der Waals surface area contributed by atoms with E-state index in [1.165, 1.54) is 0 Å². The highest BCUT2D eigenvalue weighted by Crippen LogP contribution is 2.38. The summed E-state index contributed by atoms with van der Waals surface area (Å²) < 4.78 is 0. The van der Waals surface area contributed by atoms with Crippen LogP contribution in [0.3, 0.4) is 0 Å². The molecule has 8 nitrogen and oxygen atoms in total. The van der Waals surface area contributed by atoms with Crippen LogP contribution in [-0.2, 0) is 9.59 Å². The third kappa shape index (κ3) is 4.52. The Morgan fingerprint density at radius 3 is 2.45 bits per heavy atom. The quantitative estimate of drug-likeness (QED) is 0.507. The summed E-state index contributed by atoms with van der Waals surface area (Å²) in [7, 11) is 0. The fourth-order valence-electron chi connectivity index (χ4n) is 6.75. The van der Waals surface area contributed by atoms with Crippen molar-refractivity contribution < 1.29 is 9.59 Å². The monoisotopic (exact) mass is 538 g/mol. The Balaban J connectivity index is 1.16. The molecule has 1 spiro atoms. The highest BCUT2D eigenvalue weighted by atomic mass is 16.2. The van der Waals surface area contributed by atoms with Crippen LogP contribution in [0.15, 0.2) is 53.7 Å². The van der Waals surface area contributed by atoms with Gasteiger partial charge in [0.05, 0.1) is 11.7 Å². The van der Waals surface area contributed by atoms with Crippen LogP contribution in [0.2, 0.25) is 0 Å². The molecular weight excluding hydrogens is 500 g/mol. The number of amides is 2. The number of hydrogen-bond donors (Lipinski definition) is 1. The number of benzene rings is 2. The second-order valence-corrected chi connectivity index (χ2v) is 12.5. The molecule has 7 rings (SSSR count). The second-order valence-electron chi connectivity index (χ2n) is 12.5. The molecule has 2 aromatic carbocycles. The van der Waals surface area contributed by atoms with Crippen molar-refractivity contribution in [3.63, 3.8) is 0 Å². The van der Waals surface area contributed by atoms with E-state index in [-0.39, 0.29) is 17.7 Å². The van der Waals surface area contributed by atoms with Gasteiger partial charge in [0.1, 0.15) is 11.4 Å². The maximum Gasteiger partial charge on any atom is 0.256 e.